The third kappa shape index (κ3) is 4.45. The Hall–Kier alpha value is -1.67. The first-order chi connectivity index (χ1) is 11.5. The molecule has 3 aromatic rings. The molecular formula is C16H15Br2FN4O. The second kappa shape index (κ2) is 8.43. The van der Waals surface area contributed by atoms with Gasteiger partial charge in [0.05, 0.1) is 5.56 Å². The highest BCUT2D eigenvalue weighted by Gasteiger charge is 2.10. The Bertz CT molecular complexity index is 866. The fourth-order valence-electron chi connectivity index (χ4n) is 2.00. The number of pyridine rings is 2. The monoisotopic (exact) mass is 456 g/mol. The predicted molar refractivity (Wildman–Crippen MR) is 97.5 cm³/mol. The van der Waals surface area contributed by atoms with Crippen LogP contribution in [0.15, 0.2) is 33.5 Å². The molecule has 0 unspecified atom stereocenters. The molecule has 8 heteroatoms. The number of Topliss-reactive ketones (excluding diaryl/α,β-unsaturated/α-hetero) is 1. The van der Waals surface area contributed by atoms with Crippen LogP contribution >= 0.6 is 31.9 Å². The van der Waals surface area contributed by atoms with Crippen LogP contribution < -0.4 is 0 Å². The van der Waals surface area contributed by atoms with Crippen molar-refractivity contribution in [3.63, 3.8) is 0 Å². The van der Waals surface area contributed by atoms with Gasteiger partial charge in [-0.3, -0.25) is 9.89 Å². The molecule has 0 amide bonds. The molecule has 0 bridgehead atoms. The van der Waals surface area contributed by atoms with Gasteiger partial charge in [0.1, 0.15) is 0 Å². The van der Waals surface area contributed by atoms with E-state index in [0.29, 0.717) is 4.47 Å². The molecule has 0 atom stereocenters. The second-order valence-electron chi connectivity index (χ2n) is 4.85. The minimum atomic E-state index is -0.704. The van der Waals surface area contributed by atoms with Crippen molar-refractivity contribution in [2.45, 2.75) is 26.7 Å². The second-order valence-corrected chi connectivity index (χ2v) is 6.68. The molecule has 0 aliphatic rings. The van der Waals surface area contributed by atoms with E-state index < -0.39 is 5.95 Å². The molecule has 1 N–H and O–H groups in total. The number of hydrogen-bond donors (Lipinski definition) is 1. The van der Waals surface area contributed by atoms with Gasteiger partial charge in [0.2, 0.25) is 5.95 Å². The number of nitrogens with one attached hydrogen (secondary N) is 1. The molecule has 24 heavy (non-hydrogen) atoms. The summed E-state index contributed by atoms with van der Waals surface area (Å²) >= 11 is 6.49. The standard InChI is InChI=1S/C8H7BrFNO.C8H8BrN3/c1-2-7(12)6-3-5(9)4-11-8(6)10;1-2-7-6-3-5(9)4-10-8(6)12-11-7/h3-4H,2H2,1H3;3-4H,2H2,1H3,(H,10,11,12). The van der Waals surface area contributed by atoms with Crippen molar-refractivity contribution in [3.05, 3.63) is 50.7 Å². The Morgan fingerprint density at radius 3 is 2.50 bits per heavy atom. The van der Waals surface area contributed by atoms with Crippen LogP contribution in [-0.2, 0) is 6.42 Å². The lowest BCUT2D eigenvalue weighted by Crippen LogP contribution is -2.02. The smallest absolute Gasteiger partial charge is 0.223 e. The fourth-order valence-corrected chi connectivity index (χ4v) is 2.66. The number of aromatic nitrogens is 4. The minimum Gasteiger partial charge on any atom is -0.294 e. The molecule has 3 rings (SSSR count). The number of rotatable bonds is 3. The highest BCUT2D eigenvalue weighted by Crippen LogP contribution is 2.18. The largest absolute Gasteiger partial charge is 0.294 e. The van der Waals surface area contributed by atoms with Gasteiger partial charge >= 0.3 is 0 Å². The number of hydrogen-bond acceptors (Lipinski definition) is 4. The van der Waals surface area contributed by atoms with Gasteiger partial charge in [-0.1, -0.05) is 13.8 Å². The zero-order valence-corrected chi connectivity index (χ0v) is 16.3. The maximum Gasteiger partial charge on any atom is 0.223 e. The SMILES string of the molecule is CCC(=O)c1cc(Br)cnc1F.CCc1[nH]nc2ncc(Br)cc12. The Balaban J connectivity index is 0.000000174. The van der Waals surface area contributed by atoms with Gasteiger partial charge in [-0.2, -0.15) is 9.49 Å². The zero-order valence-electron chi connectivity index (χ0n) is 13.1. The van der Waals surface area contributed by atoms with Gasteiger partial charge < -0.3 is 0 Å². The number of aryl methyl sites for hydroxylation is 1. The number of aromatic amines is 1. The molecule has 0 aliphatic heterocycles. The molecular weight excluding hydrogens is 443 g/mol. The van der Waals surface area contributed by atoms with Gasteiger partial charge in [-0.05, 0) is 50.4 Å². The van der Waals surface area contributed by atoms with Crippen LogP contribution in [0.25, 0.3) is 11.0 Å². The highest BCUT2D eigenvalue weighted by atomic mass is 79.9. The number of fused-ring (bicyclic) bond motifs is 1. The third-order valence-corrected chi connectivity index (χ3v) is 4.10. The van der Waals surface area contributed by atoms with Crippen LogP contribution in [0.1, 0.15) is 36.3 Å². The zero-order chi connectivity index (χ0) is 17.7. The van der Waals surface area contributed by atoms with Crippen molar-refractivity contribution < 1.29 is 9.18 Å². The highest BCUT2D eigenvalue weighted by molar-refractivity contribution is 9.10. The predicted octanol–water partition coefficient (Wildman–Crippen LogP) is 4.86. The maximum atomic E-state index is 12.9. The minimum absolute atomic E-state index is 0.0480. The van der Waals surface area contributed by atoms with Crippen molar-refractivity contribution >= 4 is 48.7 Å². The first-order valence-corrected chi connectivity index (χ1v) is 8.87. The van der Waals surface area contributed by atoms with E-state index in [2.05, 4.69) is 58.9 Å². The lowest BCUT2D eigenvalue weighted by molar-refractivity contribution is 0.0983. The molecule has 5 nitrogen and oxygen atoms in total. The van der Waals surface area contributed by atoms with Gasteiger partial charge in [0, 0.05) is 38.8 Å². The van der Waals surface area contributed by atoms with E-state index >= 15 is 0 Å². The van der Waals surface area contributed by atoms with Gasteiger partial charge in [-0.15, -0.1) is 0 Å². The summed E-state index contributed by atoms with van der Waals surface area (Å²) in [6.07, 6.45) is 4.31. The van der Waals surface area contributed by atoms with Gasteiger partial charge in [-0.25, -0.2) is 9.97 Å². The van der Waals surface area contributed by atoms with Crippen molar-refractivity contribution in [1.29, 1.82) is 0 Å². The average Bonchev–Trinajstić information content (AvgIpc) is 2.99. The average molecular weight is 458 g/mol. The molecule has 3 aromatic heterocycles. The third-order valence-electron chi connectivity index (χ3n) is 3.24. The van der Waals surface area contributed by atoms with E-state index in [4.69, 9.17) is 0 Å². The van der Waals surface area contributed by atoms with Crippen LogP contribution in [-0.4, -0.2) is 25.9 Å². The van der Waals surface area contributed by atoms with Gasteiger partial charge in [0.15, 0.2) is 11.4 Å². The first kappa shape index (κ1) is 18.7. The summed E-state index contributed by atoms with van der Waals surface area (Å²) < 4.78 is 14.5. The number of carbonyl (C=O) groups excluding carboxylic acids is 1. The van der Waals surface area contributed by atoms with Crippen LogP contribution in [0.4, 0.5) is 4.39 Å². The van der Waals surface area contributed by atoms with Crippen molar-refractivity contribution in [2.75, 3.05) is 0 Å². The van der Waals surface area contributed by atoms with E-state index in [1.807, 2.05) is 6.07 Å². The van der Waals surface area contributed by atoms with E-state index in [-0.39, 0.29) is 17.8 Å². The van der Waals surface area contributed by atoms with E-state index in [9.17, 15) is 9.18 Å². The fraction of sp³-hybridized carbons (Fsp3) is 0.250. The summed E-state index contributed by atoms with van der Waals surface area (Å²) in [5.74, 6) is -0.939. The molecule has 0 fully saturated rings. The molecule has 0 aromatic carbocycles. The molecule has 0 saturated heterocycles. The maximum absolute atomic E-state index is 12.9. The van der Waals surface area contributed by atoms with Gasteiger partial charge in [0.25, 0.3) is 0 Å². The quantitative estimate of drug-likeness (QED) is 0.450. The van der Waals surface area contributed by atoms with E-state index in [1.54, 1.807) is 13.1 Å². The van der Waals surface area contributed by atoms with Crippen LogP contribution in [0.3, 0.4) is 0 Å². The molecule has 0 spiro atoms. The Labute approximate surface area is 155 Å². The topological polar surface area (TPSA) is 71.5 Å². The molecule has 0 radical (unpaired) electrons. The number of halogens is 3. The van der Waals surface area contributed by atoms with E-state index in [0.717, 1.165) is 27.6 Å². The van der Waals surface area contributed by atoms with Crippen molar-refractivity contribution in [2.24, 2.45) is 0 Å². The molecule has 3 heterocycles. The van der Waals surface area contributed by atoms with E-state index in [1.165, 1.54) is 12.3 Å². The molecule has 0 saturated carbocycles. The Morgan fingerprint density at radius 1 is 1.17 bits per heavy atom. The number of nitrogens with zero attached hydrogens (tertiary/aromatic N) is 3. The van der Waals surface area contributed by atoms with Crippen molar-refractivity contribution in [1.82, 2.24) is 20.2 Å². The summed E-state index contributed by atoms with van der Waals surface area (Å²) in [7, 11) is 0. The molecule has 126 valence electrons. The first-order valence-electron chi connectivity index (χ1n) is 7.29. The van der Waals surface area contributed by atoms with Crippen LogP contribution in [0.2, 0.25) is 0 Å². The molecule has 0 aliphatic carbocycles. The number of carbonyl (C=O) groups is 1. The number of ketones is 1. The summed E-state index contributed by atoms with van der Waals surface area (Å²) in [4.78, 5) is 18.7. The summed E-state index contributed by atoms with van der Waals surface area (Å²) in [5, 5.41) is 8.13. The van der Waals surface area contributed by atoms with Crippen LogP contribution in [0.5, 0.6) is 0 Å². The summed E-state index contributed by atoms with van der Waals surface area (Å²) in [6, 6.07) is 3.47. The Kier molecular flexibility index (Phi) is 6.56. The lowest BCUT2D eigenvalue weighted by atomic mass is 10.1. The van der Waals surface area contributed by atoms with Crippen molar-refractivity contribution in [3.8, 4) is 0 Å². The number of H-pyrrole nitrogens is 1. The summed E-state index contributed by atoms with van der Waals surface area (Å²) in [6.45, 7) is 3.77. The normalized spacial score (nSPS) is 10.4. The van der Waals surface area contributed by atoms with Crippen LogP contribution in [0, 0.1) is 5.95 Å². The Morgan fingerprint density at radius 2 is 1.83 bits per heavy atom. The lowest BCUT2D eigenvalue weighted by Gasteiger charge is -1.98. The summed E-state index contributed by atoms with van der Waals surface area (Å²) in [5.41, 5.74) is 1.97.